The molecule has 1 aromatic heterocycles. The summed E-state index contributed by atoms with van der Waals surface area (Å²) in [4.78, 5) is 19.0. The van der Waals surface area contributed by atoms with E-state index in [1.807, 2.05) is 13.0 Å². The maximum atomic E-state index is 14.1. The van der Waals surface area contributed by atoms with Crippen molar-refractivity contribution < 1.29 is 18.0 Å². The van der Waals surface area contributed by atoms with E-state index in [4.69, 9.17) is 5.73 Å². The minimum absolute atomic E-state index is 0.0564. The van der Waals surface area contributed by atoms with E-state index in [9.17, 15) is 23.2 Å². The van der Waals surface area contributed by atoms with Crippen LogP contribution >= 0.6 is 0 Å². The van der Waals surface area contributed by atoms with E-state index in [-0.39, 0.29) is 40.7 Å². The molecule has 1 saturated carbocycles. The lowest BCUT2D eigenvalue weighted by Gasteiger charge is -2.27. The minimum Gasteiger partial charge on any atom is -0.368 e. The Morgan fingerprint density at radius 2 is 2.06 bits per heavy atom. The maximum Gasteiger partial charge on any atom is 0.255 e. The highest BCUT2D eigenvalue weighted by molar-refractivity contribution is 6.04. The molecule has 4 rings (SSSR count). The van der Waals surface area contributed by atoms with Crippen LogP contribution in [-0.2, 0) is 0 Å². The number of nitrogens with zero attached hydrogens (tertiary/aromatic N) is 3. The van der Waals surface area contributed by atoms with Gasteiger partial charge in [0.25, 0.3) is 5.91 Å². The monoisotopic (exact) mass is 443 g/mol. The Hall–Kier alpha value is -3.12. The highest BCUT2D eigenvalue weighted by Gasteiger charge is 2.38. The lowest BCUT2D eigenvalue weighted by molar-refractivity contribution is 0.0936. The molecule has 1 aliphatic carbocycles. The number of carbonyl (C=O) groups excluding carboxylic acids is 1. The van der Waals surface area contributed by atoms with Crippen LogP contribution in [0.2, 0.25) is 0 Å². The van der Waals surface area contributed by atoms with Crippen molar-refractivity contribution in [3.05, 3.63) is 47.3 Å². The number of amides is 1. The van der Waals surface area contributed by atoms with E-state index in [0.717, 1.165) is 31.0 Å². The van der Waals surface area contributed by atoms with E-state index in [2.05, 4.69) is 10.3 Å². The summed E-state index contributed by atoms with van der Waals surface area (Å²) in [6.07, 6.45) is 3.68. The fourth-order valence-electron chi connectivity index (χ4n) is 4.25. The molecule has 1 aliphatic heterocycles. The van der Waals surface area contributed by atoms with Gasteiger partial charge in [0.1, 0.15) is 30.1 Å². The van der Waals surface area contributed by atoms with Gasteiger partial charge in [-0.3, -0.25) is 4.79 Å². The Morgan fingerprint density at radius 3 is 2.62 bits per heavy atom. The van der Waals surface area contributed by atoms with Crippen molar-refractivity contribution in [3.8, 4) is 17.2 Å². The predicted molar refractivity (Wildman–Crippen MR) is 114 cm³/mol. The average molecular weight is 443 g/mol. The Balaban J connectivity index is 1.88. The second-order valence-electron chi connectivity index (χ2n) is 8.78. The number of benzene rings is 1. The van der Waals surface area contributed by atoms with Gasteiger partial charge >= 0.3 is 0 Å². The molecule has 2 aliphatic rings. The van der Waals surface area contributed by atoms with Gasteiger partial charge in [-0.1, -0.05) is 0 Å². The Morgan fingerprint density at radius 1 is 1.38 bits per heavy atom. The quantitative estimate of drug-likeness (QED) is 0.714. The van der Waals surface area contributed by atoms with Crippen molar-refractivity contribution in [2.24, 2.45) is 11.7 Å². The van der Waals surface area contributed by atoms with Crippen LogP contribution in [0.3, 0.4) is 0 Å². The first kappa shape index (κ1) is 22.1. The second kappa shape index (κ2) is 8.43. The molecule has 2 heterocycles. The van der Waals surface area contributed by atoms with Gasteiger partial charge < -0.3 is 16.0 Å². The number of pyridine rings is 1. The molecular formula is C23H24F3N5O. The SMILES string of the molecule is C[C@H](NC(=O)c1cnc(C#N)c(-c2cc(F)cc(F)c2)c1N1CC[C@@](N)(CF)C1)C1CC1. The normalized spacial score (nSPS) is 21.3. The first-order chi connectivity index (χ1) is 15.2. The zero-order valence-electron chi connectivity index (χ0n) is 17.7. The molecule has 0 bridgehead atoms. The Labute approximate surface area is 184 Å². The molecule has 2 fully saturated rings. The van der Waals surface area contributed by atoms with Gasteiger partial charge in [-0.15, -0.1) is 0 Å². The summed E-state index contributed by atoms with van der Waals surface area (Å²) in [6, 6.07) is 4.78. The molecule has 0 spiro atoms. The van der Waals surface area contributed by atoms with Crippen molar-refractivity contribution in [3.63, 3.8) is 0 Å². The van der Waals surface area contributed by atoms with Gasteiger partial charge in [0.05, 0.1) is 16.8 Å². The van der Waals surface area contributed by atoms with Crippen molar-refractivity contribution in [2.75, 3.05) is 24.7 Å². The molecule has 3 N–H and O–H groups in total. The van der Waals surface area contributed by atoms with Crippen LogP contribution in [0.25, 0.3) is 11.1 Å². The number of carbonyl (C=O) groups is 1. The fourth-order valence-corrected chi connectivity index (χ4v) is 4.25. The molecule has 9 heteroatoms. The van der Waals surface area contributed by atoms with Crippen LogP contribution in [0.1, 0.15) is 42.2 Å². The van der Waals surface area contributed by atoms with E-state index < -0.39 is 29.8 Å². The highest BCUT2D eigenvalue weighted by atomic mass is 19.1. The van der Waals surface area contributed by atoms with Crippen molar-refractivity contribution in [1.82, 2.24) is 10.3 Å². The van der Waals surface area contributed by atoms with Crippen LogP contribution in [0.5, 0.6) is 0 Å². The molecule has 1 amide bonds. The zero-order chi connectivity index (χ0) is 23.0. The van der Waals surface area contributed by atoms with Crippen molar-refractivity contribution >= 4 is 11.6 Å². The van der Waals surface area contributed by atoms with E-state index in [1.165, 1.54) is 6.20 Å². The number of aromatic nitrogens is 1. The zero-order valence-corrected chi connectivity index (χ0v) is 17.7. The molecule has 32 heavy (non-hydrogen) atoms. The first-order valence-electron chi connectivity index (χ1n) is 10.5. The van der Waals surface area contributed by atoms with Gasteiger partial charge in [0, 0.05) is 37.0 Å². The average Bonchev–Trinajstić information content (AvgIpc) is 3.54. The third-order valence-corrected chi connectivity index (χ3v) is 6.21. The van der Waals surface area contributed by atoms with E-state index in [1.54, 1.807) is 4.90 Å². The molecule has 0 radical (unpaired) electrons. The van der Waals surface area contributed by atoms with Crippen LogP contribution in [-0.4, -0.2) is 42.2 Å². The predicted octanol–water partition coefficient (Wildman–Crippen LogP) is 3.30. The van der Waals surface area contributed by atoms with E-state index >= 15 is 0 Å². The largest absolute Gasteiger partial charge is 0.368 e. The molecule has 1 aromatic carbocycles. The highest BCUT2D eigenvalue weighted by Crippen LogP contribution is 2.40. The standard InChI is InChI=1S/C23H24F3N5O/c1-13(14-2-3-14)30-22(32)18-10-29-19(9-27)20(15-6-16(25)8-17(26)7-15)21(18)31-5-4-23(28,11-24)12-31/h6-8,10,13-14H,2-5,11-12,28H2,1H3,(H,30,32)/t13-,23+/m0/s1. The smallest absolute Gasteiger partial charge is 0.255 e. The molecular weight excluding hydrogens is 419 g/mol. The molecule has 2 atom stereocenters. The van der Waals surface area contributed by atoms with Crippen molar-refractivity contribution in [1.29, 1.82) is 5.26 Å². The van der Waals surface area contributed by atoms with E-state index in [0.29, 0.717) is 18.9 Å². The van der Waals surface area contributed by atoms with Crippen LogP contribution < -0.4 is 16.0 Å². The number of alkyl halides is 1. The summed E-state index contributed by atoms with van der Waals surface area (Å²) in [6.45, 7) is 1.56. The van der Waals surface area contributed by atoms with Gasteiger partial charge in [-0.05, 0) is 49.8 Å². The number of nitrogens with one attached hydrogen (secondary N) is 1. The summed E-state index contributed by atoms with van der Waals surface area (Å²) >= 11 is 0. The summed E-state index contributed by atoms with van der Waals surface area (Å²) in [5.41, 5.74) is 5.55. The molecule has 6 nitrogen and oxygen atoms in total. The molecule has 1 saturated heterocycles. The Kier molecular flexibility index (Phi) is 5.82. The maximum absolute atomic E-state index is 14.1. The number of anilines is 1. The van der Waals surface area contributed by atoms with Gasteiger partial charge in [-0.2, -0.15) is 5.26 Å². The lowest BCUT2D eigenvalue weighted by Crippen LogP contribution is -2.45. The first-order valence-corrected chi connectivity index (χ1v) is 10.5. The fraction of sp³-hybridized carbons (Fsp3) is 0.435. The Bertz CT molecular complexity index is 1080. The third-order valence-electron chi connectivity index (χ3n) is 6.21. The topological polar surface area (TPSA) is 95.0 Å². The summed E-state index contributed by atoms with van der Waals surface area (Å²) in [5, 5.41) is 12.6. The summed E-state index contributed by atoms with van der Waals surface area (Å²) < 4.78 is 41.7. The number of nitrogens with two attached hydrogens (primary N) is 1. The summed E-state index contributed by atoms with van der Waals surface area (Å²) in [5.74, 6) is -1.67. The summed E-state index contributed by atoms with van der Waals surface area (Å²) in [7, 11) is 0. The minimum atomic E-state index is -1.12. The number of hydrogen-bond acceptors (Lipinski definition) is 5. The van der Waals surface area contributed by atoms with Crippen LogP contribution in [0.4, 0.5) is 18.9 Å². The lowest BCUT2D eigenvalue weighted by atomic mass is 9.97. The molecule has 2 aromatic rings. The van der Waals surface area contributed by atoms with Gasteiger partial charge in [0.2, 0.25) is 0 Å². The number of hydrogen-bond donors (Lipinski definition) is 2. The third kappa shape index (κ3) is 4.28. The number of nitriles is 1. The second-order valence-corrected chi connectivity index (χ2v) is 8.78. The molecule has 0 unspecified atom stereocenters. The van der Waals surface area contributed by atoms with Gasteiger partial charge in [-0.25, -0.2) is 18.2 Å². The van der Waals surface area contributed by atoms with Crippen LogP contribution in [0, 0.1) is 28.9 Å². The molecule has 168 valence electrons. The van der Waals surface area contributed by atoms with Gasteiger partial charge in [0.15, 0.2) is 0 Å². The number of rotatable bonds is 6. The van der Waals surface area contributed by atoms with Crippen molar-refractivity contribution in [2.45, 2.75) is 37.8 Å². The van der Waals surface area contributed by atoms with Crippen LogP contribution in [0.15, 0.2) is 24.4 Å². The number of halogens is 3.